The Morgan fingerprint density at radius 1 is 1.00 bits per heavy atom. The van der Waals surface area contributed by atoms with Crippen molar-refractivity contribution in [2.24, 2.45) is 0 Å². The largest absolute Gasteiger partial charge is 0.398 e. The molecule has 0 amide bonds. The third-order valence-corrected chi connectivity index (χ3v) is 4.22. The summed E-state index contributed by atoms with van der Waals surface area (Å²) in [5.41, 5.74) is 8.88. The van der Waals surface area contributed by atoms with Gasteiger partial charge in [-0.2, -0.15) is 0 Å². The van der Waals surface area contributed by atoms with E-state index in [-0.39, 0.29) is 11.6 Å². The number of hydrogen-bond donors (Lipinski definition) is 1. The van der Waals surface area contributed by atoms with Gasteiger partial charge in [0.1, 0.15) is 0 Å². The van der Waals surface area contributed by atoms with Crippen LogP contribution in [0.5, 0.6) is 0 Å². The van der Waals surface area contributed by atoms with Gasteiger partial charge in [-0.25, -0.2) is 0 Å². The van der Waals surface area contributed by atoms with Crippen molar-refractivity contribution < 1.29 is 9.59 Å². The second kappa shape index (κ2) is 4.03. The van der Waals surface area contributed by atoms with E-state index in [1.54, 1.807) is 30.3 Å². The predicted octanol–water partition coefficient (Wildman–Crippen LogP) is 3.12. The molecular weight excluding hydrogens is 306 g/mol. The third kappa shape index (κ3) is 1.56. The Morgan fingerprint density at radius 2 is 1.58 bits per heavy atom. The van der Waals surface area contributed by atoms with Gasteiger partial charge in [-0.15, -0.1) is 0 Å². The van der Waals surface area contributed by atoms with Gasteiger partial charge in [0.2, 0.25) is 0 Å². The molecule has 0 saturated heterocycles. The highest BCUT2D eigenvalue weighted by atomic mass is 79.9. The lowest BCUT2D eigenvalue weighted by atomic mass is 9.83. The van der Waals surface area contributed by atoms with E-state index in [0.29, 0.717) is 32.4 Å². The zero-order chi connectivity index (χ0) is 13.7. The Hall–Kier alpha value is -1.94. The molecule has 0 radical (unpaired) electrons. The summed E-state index contributed by atoms with van der Waals surface area (Å²) >= 11 is 3.34. The first-order valence-electron chi connectivity index (χ1n) is 5.79. The number of anilines is 1. The Morgan fingerprint density at radius 3 is 2.21 bits per heavy atom. The number of aryl methyl sites for hydroxylation is 1. The standard InChI is InChI=1S/C15H10BrNO2/c1-7-6-10-11(12(16)13(7)17)15(19)9-5-3-2-4-8(9)14(10)18/h2-6H,17H2,1H3. The number of nitrogen functional groups attached to an aromatic ring is 1. The Labute approximate surface area is 118 Å². The van der Waals surface area contributed by atoms with Crippen molar-refractivity contribution in [3.8, 4) is 0 Å². The SMILES string of the molecule is Cc1cc2c(c(Br)c1N)C(=O)c1ccccc1C2=O. The first-order valence-corrected chi connectivity index (χ1v) is 6.58. The van der Waals surface area contributed by atoms with E-state index in [0.717, 1.165) is 5.56 Å². The lowest BCUT2D eigenvalue weighted by molar-refractivity contribution is 0.0978. The van der Waals surface area contributed by atoms with E-state index in [1.165, 1.54) is 0 Å². The monoisotopic (exact) mass is 315 g/mol. The predicted molar refractivity (Wildman–Crippen MR) is 76.6 cm³/mol. The summed E-state index contributed by atoms with van der Waals surface area (Å²) in [6.45, 7) is 1.82. The van der Waals surface area contributed by atoms with Crippen molar-refractivity contribution in [1.29, 1.82) is 0 Å². The fourth-order valence-corrected chi connectivity index (χ4v) is 3.06. The molecule has 3 nitrogen and oxygen atoms in total. The van der Waals surface area contributed by atoms with Crippen molar-refractivity contribution in [1.82, 2.24) is 0 Å². The van der Waals surface area contributed by atoms with Gasteiger partial charge in [-0.1, -0.05) is 24.3 Å². The van der Waals surface area contributed by atoms with Crippen LogP contribution in [-0.4, -0.2) is 11.6 Å². The van der Waals surface area contributed by atoms with E-state index < -0.39 is 0 Å². The number of nitrogens with two attached hydrogens (primary N) is 1. The molecule has 0 fully saturated rings. The van der Waals surface area contributed by atoms with Crippen molar-refractivity contribution >= 4 is 33.2 Å². The molecule has 0 atom stereocenters. The van der Waals surface area contributed by atoms with Gasteiger partial charge in [0, 0.05) is 22.4 Å². The number of benzene rings is 2. The number of rotatable bonds is 0. The molecule has 0 bridgehead atoms. The number of hydrogen-bond acceptors (Lipinski definition) is 3. The van der Waals surface area contributed by atoms with Crippen LogP contribution < -0.4 is 5.73 Å². The average molecular weight is 316 g/mol. The Balaban J connectivity index is 2.40. The summed E-state index contributed by atoms with van der Waals surface area (Å²) in [6, 6.07) is 8.54. The minimum absolute atomic E-state index is 0.131. The van der Waals surface area contributed by atoms with Gasteiger partial charge in [0.15, 0.2) is 11.6 Å². The van der Waals surface area contributed by atoms with E-state index in [2.05, 4.69) is 15.9 Å². The molecule has 19 heavy (non-hydrogen) atoms. The highest BCUT2D eigenvalue weighted by molar-refractivity contribution is 9.10. The number of fused-ring (bicyclic) bond motifs is 2. The molecule has 2 N–H and O–H groups in total. The number of ketones is 2. The molecule has 0 heterocycles. The van der Waals surface area contributed by atoms with Crippen LogP contribution in [0.1, 0.15) is 37.4 Å². The van der Waals surface area contributed by atoms with E-state index in [9.17, 15) is 9.59 Å². The van der Waals surface area contributed by atoms with Gasteiger partial charge in [-0.05, 0) is 34.5 Å². The second-order valence-electron chi connectivity index (χ2n) is 4.55. The van der Waals surface area contributed by atoms with Crippen LogP contribution in [0, 0.1) is 6.92 Å². The van der Waals surface area contributed by atoms with E-state index >= 15 is 0 Å². The fourth-order valence-electron chi connectivity index (χ4n) is 2.35. The number of halogens is 1. The molecule has 2 aromatic carbocycles. The van der Waals surface area contributed by atoms with E-state index in [1.807, 2.05) is 6.92 Å². The third-order valence-electron chi connectivity index (χ3n) is 3.40. The average Bonchev–Trinajstić information content (AvgIpc) is 2.42. The Bertz CT molecular complexity index is 750. The summed E-state index contributed by atoms with van der Waals surface area (Å²) in [4.78, 5) is 25.0. The van der Waals surface area contributed by atoms with Gasteiger partial charge in [0.05, 0.1) is 10.0 Å². The minimum Gasteiger partial charge on any atom is -0.398 e. The van der Waals surface area contributed by atoms with Crippen molar-refractivity contribution in [3.05, 3.63) is 62.6 Å². The first kappa shape index (κ1) is 12.1. The molecular formula is C15H10BrNO2. The van der Waals surface area contributed by atoms with Crippen molar-refractivity contribution in [2.75, 3.05) is 5.73 Å². The van der Waals surface area contributed by atoms with Crippen molar-refractivity contribution in [2.45, 2.75) is 6.92 Å². The molecule has 4 heteroatoms. The first-order chi connectivity index (χ1) is 9.02. The molecule has 94 valence electrons. The zero-order valence-corrected chi connectivity index (χ0v) is 11.7. The van der Waals surface area contributed by atoms with Crippen LogP contribution in [0.15, 0.2) is 34.8 Å². The van der Waals surface area contributed by atoms with Crippen LogP contribution in [0.3, 0.4) is 0 Å². The molecule has 0 unspecified atom stereocenters. The van der Waals surface area contributed by atoms with Gasteiger partial charge in [-0.3, -0.25) is 9.59 Å². The molecule has 3 rings (SSSR count). The fraction of sp³-hybridized carbons (Fsp3) is 0.0667. The lowest BCUT2D eigenvalue weighted by Gasteiger charge is -2.20. The normalized spacial score (nSPS) is 13.2. The molecule has 1 aliphatic carbocycles. The molecule has 0 aliphatic heterocycles. The summed E-state index contributed by atoms with van der Waals surface area (Å²) in [5.74, 6) is -0.294. The number of carbonyl (C=O) groups is 2. The Kier molecular flexibility index (Phi) is 2.57. The van der Waals surface area contributed by atoms with Gasteiger partial charge in [0.25, 0.3) is 0 Å². The highest BCUT2D eigenvalue weighted by Crippen LogP contribution is 2.36. The van der Waals surface area contributed by atoms with Crippen LogP contribution in [0.2, 0.25) is 0 Å². The smallest absolute Gasteiger partial charge is 0.195 e. The second-order valence-corrected chi connectivity index (χ2v) is 5.34. The quantitative estimate of drug-likeness (QED) is 0.648. The van der Waals surface area contributed by atoms with Gasteiger partial charge >= 0.3 is 0 Å². The van der Waals surface area contributed by atoms with Crippen LogP contribution >= 0.6 is 15.9 Å². The van der Waals surface area contributed by atoms with Crippen LogP contribution in [0.25, 0.3) is 0 Å². The molecule has 2 aromatic rings. The minimum atomic E-state index is -0.163. The summed E-state index contributed by atoms with van der Waals surface area (Å²) in [7, 11) is 0. The summed E-state index contributed by atoms with van der Waals surface area (Å²) < 4.78 is 0.510. The van der Waals surface area contributed by atoms with Crippen LogP contribution in [-0.2, 0) is 0 Å². The summed E-state index contributed by atoms with van der Waals surface area (Å²) in [5, 5.41) is 0. The van der Waals surface area contributed by atoms with Crippen LogP contribution in [0.4, 0.5) is 5.69 Å². The molecule has 0 aromatic heterocycles. The highest BCUT2D eigenvalue weighted by Gasteiger charge is 2.32. The molecule has 1 aliphatic rings. The lowest BCUT2D eigenvalue weighted by Crippen LogP contribution is -2.22. The van der Waals surface area contributed by atoms with Gasteiger partial charge < -0.3 is 5.73 Å². The van der Waals surface area contributed by atoms with Crippen molar-refractivity contribution in [3.63, 3.8) is 0 Å². The maximum Gasteiger partial charge on any atom is 0.195 e. The topological polar surface area (TPSA) is 60.2 Å². The molecule has 0 saturated carbocycles. The molecule has 0 spiro atoms. The maximum absolute atomic E-state index is 12.5. The van der Waals surface area contributed by atoms with E-state index in [4.69, 9.17) is 5.73 Å². The maximum atomic E-state index is 12.5. The zero-order valence-electron chi connectivity index (χ0n) is 10.2. The summed E-state index contributed by atoms with van der Waals surface area (Å²) in [6.07, 6.45) is 0. The number of carbonyl (C=O) groups excluding carboxylic acids is 2.